The number of hydrogen-bond acceptors (Lipinski definition) is 4. The van der Waals surface area contributed by atoms with E-state index in [1.165, 1.54) is 35.7 Å². The van der Waals surface area contributed by atoms with Crippen molar-refractivity contribution in [1.29, 1.82) is 0 Å². The van der Waals surface area contributed by atoms with Gasteiger partial charge < -0.3 is 4.74 Å². The van der Waals surface area contributed by atoms with Crippen LogP contribution in [0.1, 0.15) is 22.8 Å². The number of sulfonamides is 1. The van der Waals surface area contributed by atoms with Gasteiger partial charge in [0.1, 0.15) is 0 Å². The first kappa shape index (κ1) is 17.2. The van der Waals surface area contributed by atoms with Gasteiger partial charge in [0.05, 0.1) is 17.6 Å². The minimum atomic E-state index is -3.62. The molecule has 2 aromatic rings. The standard InChI is InChI=1S/C17H19NO4S/c1-3-18(13-14-7-5-4-6-8-14)23(20,21)16-11-9-15(10-12-16)17(19)22-2/h4-12H,3,13H2,1-2H3. The lowest BCUT2D eigenvalue weighted by Gasteiger charge is -2.20. The predicted molar refractivity (Wildman–Crippen MR) is 87.5 cm³/mol. The van der Waals surface area contributed by atoms with E-state index in [1.807, 2.05) is 30.3 Å². The monoisotopic (exact) mass is 333 g/mol. The molecule has 0 heterocycles. The third-order valence-corrected chi connectivity index (χ3v) is 5.40. The zero-order chi connectivity index (χ0) is 16.9. The van der Waals surface area contributed by atoms with Crippen LogP contribution in [0.25, 0.3) is 0 Å². The number of nitrogens with zero attached hydrogens (tertiary/aromatic N) is 1. The molecule has 122 valence electrons. The van der Waals surface area contributed by atoms with Crippen LogP contribution in [-0.4, -0.2) is 32.3 Å². The fourth-order valence-electron chi connectivity index (χ4n) is 2.18. The minimum Gasteiger partial charge on any atom is -0.465 e. The van der Waals surface area contributed by atoms with Crippen molar-refractivity contribution < 1.29 is 17.9 Å². The molecule has 0 saturated heterocycles. The lowest BCUT2D eigenvalue weighted by atomic mass is 10.2. The third-order valence-electron chi connectivity index (χ3n) is 3.47. The van der Waals surface area contributed by atoms with Gasteiger partial charge in [-0.25, -0.2) is 13.2 Å². The van der Waals surface area contributed by atoms with Crippen molar-refractivity contribution >= 4 is 16.0 Å². The summed E-state index contributed by atoms with van der Waals surface area (Å²) in [7, 11) is -2.33. The first-order chi connectivity index (χ1) is 11.0. The van der Waals surface area contributed by atoms with Crippen LogP contribution in [0.5, 0.6) is 0 Å². The van der Waals surface area contributed by atoms with Gasteiger partial charge in [-0.3, -0.25) is 0 Å². The molecule has 0 bridgehead atoms. The molecule has 0 aliphatic carbocycles. The number of methoxy groups -OCH3 is 1. The first-order valence-corrected chi connectivity index (χ1v) is 8.65. The molecule has 0 spiro atoms. The van der Waals surface area contributed by atoms with E-state index >= 15 is 0 Å². The highest BCUT2D eigenvalue weighted by atomic mass is 32.2. The fourth-order valence-corrected chi connectivity index (χ4v) is 3.62. The van der Waals surface area contributed by atoms with E-state index in [1.54, 1.807) is 6.92 Å². The number of hydrogen-bond donors (Lipinski definition) is 0. The Bertz CT molecular complexity index is 755. The van der Waals surface area contributed by atoms with Gasteiger partial charge in [-0.2, -0.15) is 4.31 Å². The molecule has 0 aromatic heterocycles. The minimum absolute atomic E-state index is 0.155. The van der Waals surface area contributed by atoms with Gasteiger partial charge in [-0.05, 0) is 29.8 Å². The summed E-state index contributed by atoms with van der Waals surface area (Å²) in [6.45, 7) is 2.46. The van der Waals surface area contributed by atoms with Gasteiger partial charge in [0.2, 0.25) is 10.0 Å². The van der Waals surface area contributed by atoms with E-state index in [9.17, 15) is 13.2 Å². The summed E-state index contributed by atoms with van der Waals surface area (Å²) in [5.74, 6) is -0.495. The maximum Gasteiger partial charge on any atom is 0.337 e. The molecule has 2 aromatic carbocycles. The Kier molecular flexibility index (Phi) is 5.52. The van der Waals surface area contributed by atoms with Crippen LogP contribution in [0.15, 0.2) is 59.5 Å². The summed E-state index contributed by atoms with van der Waals surface area (Å²) >= 11 is 0. The molecular weight excluding hydrogens is 314 g/mol. The Morgan fingerprint density at radius 3 is 2.17 bits per heavy atom. The zero-order valence-electron chi connectivity index (χ0n) is 13.1. The molecule has 5 nitrogen and oxygen atoms in total. The van der Waals surface area contributed by atoms with E-state index < -0.39 is 16.0 Å². The average molecular weight is 333 g/mol. The summed E-state index contributed by atoms with van der Waals surface area (Å²) in [5.41, 5.74) is 1.24. The molecule has 0 N–H and O–H groups in total. The molecule has 0 amide bonds. The number of esters is 1. The highest BCUT2D eigenvalue weighted by Gasteiger charge is 2.23. The lowest BCUT2D eigenvalue weighted by Crippen LogP contribution is -2.30. The van der Waals surface area contributed by atoms with E-state index in [2.05, 4.69) is 4.74 Å². The Morgan fingerprint density at radius 2 is 1.65 bits per heavy atom. The molecule has 0 aliphatic rings. The Balaban J connectivity index is 2.26. The second-order valence-corrected chi connectivity index (χ2v) is 6.87. The molecule has 0 atom stereocenters. The normalized spacial score (nSPS) is 11.4. The molecule has 0 unspecified atom stereocenters. The maximum absolute atomic E-state index is 12.7. The van der Waals surface area contributed by atoms with Crippen molar-refractivity contribution in [2.45, 2.75) is 18.4 Å². The summed E-state index contributed by atoms with van der Waals surface area (Å²) in [6.07, 6.45) is 0. The first-order valence-electron chi connectivity index (χ1n) is 7.21. The highest BCUT2D eigenvalue weighted by Crippen LogP contribution is 2.19. The van der Waals surface area contributed by atoms with Gasteiger partial charge in [0.15, 0.2) is 0 Å². The number of ether oxygens (including phenoxy) is 1. The second kappa shape index (κ2) is 7.39. The van der Waals surface area contributed by atoms with Crippen LogP contribution >= 0.6 is 0 Å². The third kappa shape index (κ3) is 3.97. The van der Waals surface area contributed by atoms with E-state index in [0.29, 0.717) is 18.7 Å². The van der Waals surface area contributed by atoms with Crippen LogP contribution in [0.4, 0.5) is 0 Å². The Hall–Kier alpha value is -2.18. The van der Waals surface area contributed by atoms with Crippen molar-refractivity contribution in [2.24, 2.45) is 0 Å². The van der Waals surface area contributed by atoms with Crippen molar-refractivity contribution in [2.75, 3.05) is 13.7 Å². The van der Waals surface area contributed by atoms with Crippen molar-refractivity contribution in [3.8, 4) is 0 Å². The van der Waals surface area contributed by atoms with Crippen LogP contribution in [0.2, 0.25) is 0 Å². The largest absolute Gasteiger partial charge is 0.465 e. The molecule has 0 saturated carbocycles. The SMILES string of the molecule is CCN(Cc1ccccc1)S(=O)(=O)c1ccc(C(=O)OC)cc1. The van der Waals surface area contributed by atoms with E-state index in [0.717, 1.165) is 5.56 Å². The van der Waals surface area contributed by atoms with E-state index in [-0.39, 0.29) is 4.90 Å². The average Bonchev–Trinajstić information content (AvgIpc) is 2.59. The molecule has 2 rings (SSSR count). The van der Waals surface area contributed by atoms with Crippen LogP contribution in [0.3, 0.4) is 0 Å². The van der Waals surface area contributed by atoms with Crippen LogP contribution < -0.4 is 0 Å². The summed E-state index contributed by atoms with van der Waals surface area (Å²) in [5, 5.41) is 0. The molecule has 23 heavy (non-hydrogen) atoms. The number of carbonyl (C=O) groups excluding carboxylic acids is 1. The summed E-state index contributed by atoms with van der Waals surface area (Å²) < 4.78 is 31.5. The molecule has 6 heteroatoms. The second-order valence-electron chi connectivity index (χ2n) is 4.93. The van der Waals surface area contributed by atoms with Gasteiger partial charge in [0.25, 0.3) is 0 Å². The molecule has 0 radical (unpaired) electrons. The number of rotatable bonds is 6. The fraction of sp³-hybridized carbons (Fsp3) is 0.235. The van der Waals surface area contributed by atoms with Gasteiger partial charge in [-0.1, -0.05) is 37.3 Å². The van der Waals surface area contributed by atoms with Crippen molar-refractivity contribution in [3.05, 3.63) is 65.7 Å². The lowest BCUT2D eigenvalue weighted by molar-refractivity contribution is 0.0600. The summed E-state index contributed by atoms with van der Waals surface area (Å²) in [4.78, 5) is 11.6. The zero-order valence-corrected chi connectivity index (χ0v) is 13.9. The molecular formula is C17H19NO4S. The quantitative estimate of drug-likeness (QED) is 0.763. The number of carbonyl (C=O) groups is 1. The highest BCUT2D eigenvalue weighted by molar-refractivity contribution is 7.89. The smallest absolute Gasteiger partial charge is 0.337 e. The Labute approximate surface area is 136 Å². The molecule has 0 fully saturated rings. The summed E-state index contributed by atoms with van der Waals surface area (Å²) in [6, 6.07) is 15.2. The Morgan fingerprint density at radius 1 is 1.04 bits per heavy atom. The van der Waals surface area contributed by atoms with Crippen molar-refractivity contribution in [1.82, 2.24) is 4.31 Å². The van der Waals surface area contributed by atoms with E-state index in [4.69, 9.17) is 0 Å². The van der Waals surface area contributed by atoms with Gasteiger partial charge >= 0.3 is 5.97 Å². The van der Waals surface area contributed by atoms with Crippen molar-refractivity contribution in [3.63, 3.8) is 0 Å². The van der Waals surface area contributed by atoms with Crippen LogP contribution in [-0.2, 0) is 21.3 Å². The van der Waals surface area contributed by atoms with Gasteiger partial charge in [0, 0.05) is 13.1 Å². The topological polar surface area (TPSA) is 63.7 Å². The molecule has 0 aliphatic heterocycles. The predicted octanol–water partition coefficient (Wildman–Crippen LogP) is 2.68. The number of benzene rings is 2. The van der Waals surface area contributed by atoms with Gasteiger partial charge in [-0.15, -0.1) is 0 Å². The maximum atomic E-state index is 12.7. The van der Waals surface area contributed by atoms with Crippen LogP contribution in [0, 0.1) is 0 Å².